The molecule has 0 aromatic carbocycles. The molecule has 0 bridgehead atoms. The molecule has 0 aromatic heterocycles. The molecule has 0 aromatic rings. The molecular weight excluding hydrogens is 319 g/mol. The van der Waals surface area contributed by atoms with Crippen LogP contribution in [0, 0.1) is 5.41 Å². The fourth-order valence-corrected chi connectivity index (χ4v) is 1.95. The second-order valence-electron chi connectivity index (χ2n) is 5.69. The Hall–Kier alpha value is -0.550. The Morgan fingerprint density at radius 3 is 2.00 bits per heavy atom. The molecule has 1 aliphatic rings. The zero-order chi connectivity index (χ0) is 17.4. The first-order valence-corrected chi connectivity index (χ1v) is 6.51. The Bertz CT molecular complexity index is 390. The van der Waals surface area contributed by atoms with E-state index in [2.05, 4.69) is 4.74 Å². The lowest BCUT2D eigenvalue weighted by molar-refractivity contribution is -0.410. The molecule has 0 amide bonds. The number of aliphatic hydroxyl groups excluding tert-OH is 2. The van der Waals surface area contributed by atoms with E-state index in [9.17, 15) is 37.3 Å². The summed E-state index contributed by atoms with van der Waals surface area (Å²) in [5.74, 6) is -9.43. The van der Waals surface area contributed by atoms with Crippen molar-refractivity contribution in [3.63, 3.8) is 0 Å². The molecule has 1 fully saturated rings. The summed E-state index contributed by atoms with van der Waals surface area (Å²) in [7, 11) is 0. The Labute approximate surface area is 123 Å². The highest BCUT2D eigenvalue weighted by Gasteiger charge is 2.81. The van der Waals surface area contributed by atoms with Crippen LogP contribution in [0.25, 0.3) is 0 Å². The predicted octanol–water partition coefficient (Wildman–Crippen LogP) is 1.06. The predicted molar refractivity (Wildman–Crippen MR) is 63.2 cm³/mol. The van der Waals surface area contributed by atoms with Gasteiger partial charge in [0.05, 0.1) is 26.4 Å². The Morgan fingerprint density at radius 2 is 1.68 bits per heavy atom. The van der Waals surface area contributed by atoms with Crippen LogP contribution in [0.2, 0.25) is 0 Å². The van der Waals surface area contributed by atoms with Gasteiger partial charge in [0.15, 0.2) is 5.60 Å². The Kier molecular flexibility index (Phi) is 5.16. The molecule has 1 aliphatic heterocycles. The normalized spacial score (nSPS) is 32.5. The molecule has 0 radical (unpaired) electrons. The van der Waals surface area contributed by atoms with Crippen LogP contribution in [-0.2, 0) is 9.47 Å². The lowest BCUT2D eigenvalue weighted by Crippen LogP contribution is -2.63. The number of hydrogen-bond donors (Lipinski definition) is 3. The molecule has 132 valence electrons. The van der Waals surface area contributed by atoms with Crippen molar-refractivity contribution < 1.29 is 46.7 Å². The van der Waals surface area contributed by atoms with Crippen LogP contribution in [0.4, 0.5) is 22.0 Å². The number of alkyl halides is 5. The molecule has 2 atom stereocenters. The van der Waals surface area contributed by atoms with Gasteiger partial charge in [0, 0.05) is 5.41 Å². The molecule has 0 spiro atoms. The van der Waals surface area contributed by atoms with Gasteiger partial charge in [-0.1, -0.05) is 6.92 Å². The van der Waals surface area contributed by atoms with E-state index in [1.807, 2.05) is 0 Å². The largest absolute Gasteiger partial charge is 0.449 e. The van der Waals surface area contributed by atoms with Crippen LogP contribution in [0.3, 0.4) is 0 Å². The quantitative estimate of drug-likeness (QED) is 0.631. The summed E-state index contributed by atoms with van der Waals surface area (Å²) >= 11 is 0. The van der Waals surface area contributed by atoms with Crippen LogP contribution in [-0.4, -0.2) is 65.2 Å². The van der Waals surface area contributed by atoms with Crippen LogP contribution in [0.15, 0.2) is 0 Å². The summed E-state index contributed by atoms with van der Waals surface area (Å²) in [6.07, 6.45) is -5.57. The third-order valence-corrected chi connectivity index (χ3v) is 4.15. The second-order valence-corrected chi connectivity index (χ2v) is 5.69. The summed E-state index contributed by atoms with van der Waals surface area (Å²) in [6.45, 7) is -0.815. The zero-order valence-electron chi connectivity index (χ0n) is 12.1. The van der Waals surface area contributed by atoms with Gasteiger partial charge in [-0.25, -0.2) is 0 Å². The van der Waals surface area contributed by atoms with Crippen molar-refractivity contribution in [1.82, 2.24) is 0 Å². The minimum Gasteiger partial charge on any atom is -0.396 e. The molecule has 0 aliphatic carbocycles. The monoisotopic (exact) mass is 338 g/mol. The average Bonchev–Trinajstić information content (AvgIpc) is 2.62. The summed E-state index contributed by atoms with van der Waals surface area (Å²) in [6, 6.07) is 0. The Balaban J connectivity index is 3.01. The first-order valence-electron chi connectivity index (χ1n) is 6.51. The maximum Gasteiger partial charge on any atom is 0.449 e. The minimum atomic E-state index is -5.71. The van der Waals surface area contributed by atoms with Crippen molar-refractivity contribution in [3.05, 3.63) is 0 Å². The van der Waals surface area contributed by atoms with Crippen LogP contribution >= 0.6 is 0 Å². The van der Waals surface area contributed by atoms with Gasteiger partial charge >= 0.3 is 17.9 Å². The van der Waals surface area contributed by atoms with Gasteiger partial charge in [-0.15, -0.1) is 0 Å². The van der Waals surface area contributed by atoms with Gasteiger partial charge in [-0.2, -0.15) is 22.0 Å². The molecular formula is C12H19F5O5. The number of ether oxygens (including phenoxy) is 2. The van der Waals surface area contributed by atoms with Crippen molar-refractivity contribution in [2.75, 3.05) is 26.4 Å². The number of hydrogen-bond acceptors (Lipinski definition) is 5. The number of aliphatic hydroxyl groups is 3. The van der Waals surface area contributed by atoms with Gasteiger partial charge in [0.1, 0.15) is 0 Å². The van der Waals surface area contributed by atoms with Crippen LogP contribution in [0.1, 0.15) is 20.3 Å². The van der Waals surface area contributed by atoms with E-state index in [4.69, 9.17) is 4.74 Å². The van der Waals surface area contributed by atoms with Gasteiger partial charge in [-0.3, -0.25) is 0 Å². The van der Waals surface area contributed by atoms with E-state index in [1.54, 1.807) is 6.92 Å². The Morgan fingerprint density at radius 1 is 1.18 bits per heavy atom. The smallest absolute Gasteiger partial charge is 0.396 e. The molecule has 3 N–H and O–H groups in total. The third-order valence-electron chi connectivity index (χ3n) is 4.15. The van der Waals surface area contributed by atoms with E-state index in [1.165, 1.54) is 0 Å². The summed E-state index contributed by atoms with van der Waals surface area (Å²) < 4.78 is 75.0. The number of halogens is 5. The average molecular weight is 338 g/mol. The van der Waals surface area contributed by atoms with E-state index in [0.717, 1.165) is 0 Å². The highest BCUT2D eigenvalue weighted by atomic mass is 19.4. The lowest BCUT2D eigenvalue weighted by atomic mass is 9.87. The lowest BCUT2D eigenvalue weighted by Gasteiger charge is -2.38. The molecule has 22 heavy (non-hydrogen) atoms. The molecule has 0 saturated carbocycles. The van der Waals surface area contributed by atoms with E-state index >= 15 is 0 Å². The standard InChI is InChI=1S/C12H19F5O5/c1-3-9(4-18,5-19)7-21-8(2)6-22-11(20,10(8,13)14)12(15,16)17/h18-20H,3-7H2,1-2H3. The molecule has 10 heteroatoms. The van der Waals surface area contributed by atoms with Crippen molar-refractivity contribution in [3.8, 4) is 0 Å². The maximum absolute atomic E-state index is 14.1. The molecule has 1 saturated heterocycles. The number of rotatable bonds is 6. The van der Waals surface area contributed by atoms with Crippen molar-refractivity contribution in [2.24, 2.45) is 5.41 Å². The van der Waals surface area contributed by atoms with Gasteiger partial charge < -0.3 is 24.8 Å². The van der Waals surface area contributed by atoms with Crippen LogP contribution < -0.4 is 0 Å². The highest BCUT2D eigenvalue weighted by Crippen LogP contribution is 2.54. The second kappa shape index (κ2) is 5.82. The van der Waals surface area contributed by atoms with Gasteiger partial charge in [0.2, 0.25) is 0 Å². The van der Waals surface area contributed by atoms with Gasteiger partial charge in [0.25, 0.3) is 0 Å². The first kappa shape index (κ1) is 19.5. The van der Waals surface area contributed by atoms with Crippen molar-refractivity contribution in [2.45, 2.75) is 43.8 Å². The minimum absolute atomic E-state index is 0.145. The molecule has 2 unspecified atom stereocenters. The zero-order valence-corrected chi connectivity index (χ0v) is 12.1. The van der Waals surface area contributed by atoms with Gasteiger partial charge in [-0.05, 0) is 13.3 Å². The summed E-state index contributed by atoms with van der Waals surface area (Å²) in [5.41, 5.74) is -4.04. The first-order chi connectivity index (χ1) is 9.85. The van der Waals surface area contributed by atoms with E-state index in [-0.39, 0.29) is 6.42 Å². The molecule has 1 rings (SSSR count). The third kappa shape index (κ3) is 2.71. The highest BCUT2D eigenvalue weighted by molar-refractivity contribution is 5.09. The maximum atomic E-state index is 14.1. The van der Waals surface area contributed by atoms with Crippen LogP contribution in [0.5, 0.6) is 0 Å². The topological polar surface area (TPSA) is 79.2 Å². The summed E-state index contributed by atoms with van der Waals surface area (Å²) in [5, 5.41) is 27.6. The van der Waals surface area contributed by atoms with Crippen molar-refractivity contribution >= 4 is 0 Å². The van der Waals surface area contributed by atoms with E-state index < -0.39 is 55.3 Å². The van der Waals surface area contributed by atoms with E-state index in [0.29, 0.717) is 6.92 Å². The summed E-state index contributed by atoms with van der Waals surface area (Å²) in [4.78, 5) is 0. The SMILES string of the molecule is CCC(CO)(CO)COC1(C)COC(O)(C(F)(F)F)C1(F)F. The molecule has 1 heterocycles. The molecule has 5 nitrogen and oxygen atoms in total. The fourth-order valence-electron chi connectivity index (χ4n) is 1.95. The van der Waals surface area contributed by atoms with Crippen molar-refractivity contribution in [1.29, 1.82) is 0 Å². The fraction of sp³-hybridized carbons (Fsp3) is 1.00.